The molecule has 0 bridgehead atoms. The van der Waals surface area contributed by atoms with Crippen LogP contribution >= 0.6 is 15.9 Å². The van der Waals surface area contributed by atoms with E-state index in [1.165, 1.54) is 0 Å². The molecule has 1 N–H and O–H groups in total. The van der Waals surface area contributed by atoms with E-state index >= 15 is 0 Å². The molecular formula is C10H6BrNO3. The van der Waals surface area contributed by atoms with Crippen molar-refractivity contribution in [2.45, 2.75) is 0 Å². The number of hydrogen-bond acceptors (Lipinski definition) is 3. The van der Waals surface area contributed by atoms with Crippen molar-refractivity contribution in [3.8, 4) is 11.3 Å². The summed E-state index contributed by atoms with van der Waals surface area (Å²) in [5.41, 5.74) is 0.604. The van der Waals surface area contributed by atoms with E-state index in [2.05, 4.69) is 20.9 Å². The third kappa shape index (κ3) is 1.92. The van der Waals surface area contributed by atoms with Crippen molar-refractivity contribution in [3.63, 3.8) is 0 Å². The highest BCUT2D eigenvalue weighted by Gasteiger charge is 2.16. The molecule has 0 spiro atoms. The minimum absolute atomic E-state index is 0.0758. The van der Waals surface area contributed by atoms with Crippen molar-refractivity contribution in [2.24, 2.45) is 0 Å². The molecule has 15 heavy (non-hydrogen) atoms. The predicted octanol–water partition coefficient (Wildman–Crippen LogP) is 2.80. The lowest BCUT2D eigenvalue weighted by molar-refractivity contribution is 0.0691. The van der Waals surface area contributed by atoms with Crippen LogP contribution in [0.25, 0.3) is 11.3 Å². The van der Waals surface area contributed by atoms with Gasteiger partial charge in [0.05, 0.1) is 0 Å². The van der Waals surface area contributed by atoms with Crippen molar-refractivity contribution in [1.29, 1.82) is 0 Å². The van der Waals surface area contributed by atoms with Gasteiger partial charge in [0.25, 0.3) is 0 Å². The highest BCUT2D eigenvalue weighted by molar-refractivity contribution is 9.10. The molecular weight excluding hydrogens is 262 g/mol. The maximum Gasteiger partial charge on any atom is 0.358 e. The van der Waals surface area contributed by atoms with Crippen LogP contribution in [0.5, 0.6) is 0 Å². The Bertz CT molecular complexity index is 507. The topological polar surface area (TPSA) is 63.3 Å². The molecule has 0 aliphatic heterocycles. The van der Waals surface area contributed by atoms with Crippen molar-refractivity contribution in [2.75, 3.05) is 0 Å². The molecule has 2 aromatic rings. The van der Waals surface area contributed by atoms with Gasteiger partial charge >= 0.3 is 5.97 Å². The van der Waals surface area contributed by atoms with Crippen LogP contribution in [0.1, 0.15) is 10.5 Å². The Morgan fingerprint density at radius 1 is 1.47 bits per heavy atom. The van der Waals surface area contributed by atoms with Crippen molar-refractivity contribution in [3.05, 3.63) is 40.8 Å². The fraction of sp³-hybridized carbons (Fsp3) is 0. The van der Waals surface area contributed by atoms with Crippen LogP contribution in [0.4, 0.5) is 0 Å². The molecule has 4 nitrogen and oxygen atoms in total. The standard InChI is InChI=1S/C10H6BrNO3/c11-7-3-1-2-6(4-7)9-8(10(13)14)12-5-15-9/h1-5H,(H,13,14). The zero-order chi connectivity index (χ0) is 10.8. The lowest BCUT2D eigenvalue weighted by Crippen LogP contribution is -1.98. The normalized spacial score (nSPS) is 10.2. The largest absolute Gasteiger partial charge is 0.476 e. The molecule has 0 atom stereocenters. The minimum Gasteiger partial charge on any atom is -0.476 e. The summed E-state index contributed by atoms with van der Waals surface area (Å²) >= 11 is 3.30. The number of benzene rings is 1. The Labute approximate surface area is 93.7 Å². The van der Waals surface area contributed by atoms with Crippen molar-refractivity contribution in [1.82, 2.24) is 4.98 Å². The monoisotopic (exact) mass is 267 g/mol. The lowest BCUT2D eigenvalue weighted by atomic mass is 10.1. The molecule has 2 rings (SSSR count). The molecule has 0 unspecified atom stereocenters. The zero-order valence-electron chi connectivity index (χ0n) is 7.48. The number of carboxylic acids is 1. The average molecular weight is 268 g/mol. The van der Waals surface area contributed by atoms with E-state index in [0.29, 0.717) is 5.56 Å². The number of halogens is 1. The minimum atomic E-state index is -1.10. The van der Waals surface area contributed by atoms with Crippen LogP contribution < -0.4 is 0 Å². The number of aromatic nitrogens is 1. The van der Waals surface area contributed by atoms with Gasteiger partial charge in [0.15, 0.2) is 17.8 Å². The van der Waals surface area contributed by atoms with Crippen LogP contribution in [0.15, 0.2) is 39.5 Å². The Balaban J connectivity index is 2.54. The molecule has 5 heteroatoms. The molecule has 0 saturated heterocycles. The SMILES string of the molecule is O=C(O)c1ncoc1-c1cccc(Br)c1. The summed E-state index contributed by atoms with van der Waals surface area (Å²) in [4.78, 5) is 14.4. The maximum atomic E-state index is 10.8. The van der Waals surface area contributed by atoms with Gasteiger partial charge in [-0.3, -0.25) is 0 Å². The van der Waals surface area contributed by atoms with Crippen LogP contribution in [0, 0.1) is 0 Å². The number of carbonyl (C=O) groups is 1. The van der Waals surface area contributed by atoms with E-state index < -0.39 is 5.97 Å². The van der Waals surface area contributed by atoms with Crippen LogP contribution in [0.2, 0.25) is 0 Å². The lowest BCUT2D eigenvalue weighted by Gasteiger charge is -1.98. The molecule has 0 fully saturated rings. The highest BCUT2D eigenvalue weighted by Crippen LogP contribution is 2.25. The summed E-state index contributed by atoms with van der Waals surface area (Å²) in [5.74, 6) is -0.831. The van der Waals surface area contributed by atoms with E-state index in [0.717, 1.165) is 10.9 Å². The van der Waals surface area contributed by atoms with Crippen molar-refractivity contribution >= 4 is 21.9 Å². The van der Waals surface area contributed by atoms with Gasteiger partial charge in [0.2, 0.25) is 0 Å². The quantitative estimate of drug-likeness (QED) is 0.909. The molecule has 76 valence electrons. The van der Waals surface area contributed by atoms with E-state index in [4.69, 9.17) is 9.52 Å². The van der Waals surface area contributed by atoms with Gasteiger partial charge in [-0.2, -0.15) is 0 Å². The Morgan fingerprint density at radius 2 is 2.27 bits per heavy atom. The fourth-order valence-corrected chi connectivity index (χ4v) is 1.63. The number of rotatable bonds is 2. The summed E-state index contributed by atoms with van der Waals surface area (Å²) < 4.78 is 5.91. The molecule has 0 aliphatic carbocycles. The first kappa shape index (κ1) is 9.92. The maximum absolute atomic E-state index is 10.8. The Hall–Kier alpha value is -1.62. The van der Waals surface area contributed by atoms with E-state index in [1.54, 1.807) is 18.2 Å². The second-order valence-electron chi connectivity index (χ2n) is 2.85. The number of hydrogen-bond donors (Lipinski definition) is 1. The fourth-order valence-electron chi connectivity index (χ4n) is 1.23. The van der Waals surface area contributed by atoms with Gasteiger partial charge in [0, 0.05) is 10.0 Å². The highest BCUT2D eigenvalue weighted by atomic mass is 79.9. The average Bonchev–Trinajstić information content (AvgIpc) is 2.65. The van der Waals surface area contributed by atoms with Gasteiger partial charge in [-0.1, -0.05) is 28.1 Å². The van der Waals surface area contributed by atoms with Gasteiger partial charge in [-0.05, 0) is 12.1 Å². The second-order valence-corrected chi connectivity index (χ2v) is 3.76. The molecule has 0 saturated carbocycles. The Kier molecular flexibility index (Phi) is 2.55. The predicted molar refractivity (Wildman–Crippen MR) is 56.6 cm³/mol. The Morgan fingerprint density at radius 3 is 2.93 bits per heavy atom. The third-order valence-corrected chi connectivity index (χ3v) is 2.35. The summed E-state index contributed by atoms with van der Waals surface area (Å²) in [7, 11) is 0. The van der Waals surface area contributed by atoms with Crippen LogP contribution in [-0.4, -0.2) is 16.1 Å². The smallest absolute Gasteiger partial charge is 0.358 e. The van der Waals surface area contributed by atoms with Gasteiger partial charge in [0.1, 0.15) is 0 Å². The van der Waals surface area contributed by atoms with Gasteiger partial charge < -0.3 is 9.52 Å². The molecule has 1 aromatic carbocycles. The van der Waals surface area contributed by atoms with Crippen LogP contribution in [0.3, 0.4) is 0 Å². The first-order chi connectivity index (χ1) is 7.18. The molecule has 1 heterocycles. The summed E-state index contributed by atoms with van der Waals surface area (Å²) in [6.45, 7) is 0. The molecule has 1 aromatic heterocycles. The molecule has 0 aliphatic rings. The second kappa shape index (κ2) is 3.86. The van der Waals surface area contributed by atoms with E-state index in [-0.39, 0.29) is 11.5 Å². The summed E-state index contributed by atoms with van der Waals surface area (Å²) in [5, 5.41) is 8.85. The van der Waals surface area contributed by atoms with Gasteiger partial charge in [-0.25, -0.2) is 9.78 Å². The number of oxazole rings is 1. The first-order valence-electron chi connectivity index (χ1n) is 4.11. The number of carboxylic acid groups (broad SMARTS) is 1. The number of nitrogens with zero attached hydrogens (tertiary/aromatic N) is 1. The van der Waals surface area contributed by atoms with Crippen LogP contribution in [-0.2, 0) is 0 Å². The molecule has 0 radical (unpaired) electrons. The van der Waals surface area contributed by atoms with E-state index in [9.17, 15) is 4.79 Å². The summed E-state index contributed by atoms with van der Waals surface area (Å²) in [6.07, 6.45) is 1.12. The first-order valence-corrected chi connectivity index (χ1v) is 4.90. The van der Waals surface area contributed by atoms with Crippen molar-refractivity contribution < 1.29 is 14.3 Å². The zero-order valence-corrected chi connectivity index (χ0v) is 9.06. The number of aromatic carboxylic acids is 1. The summed E-state index contributed by atoms with van der Waals surface area (Å²) in [6, 6.07) is 7.18. The van der Waals surface area contributed by atoms with Gasteiger partial charge in [-0.15, -0.1) is 0 Å². The van der Waals surface area contributed by atoms with E-state index in [1.807, 2.05) is 6.07 Å². The third-order valence-electron chi connectivity index (χ3n) is 1.86. The molecule has 0 amide bonds.